The van der Waals surface area contributed by atoms with Crippen molar-refractivity contribution >= 4 is 35.4 Å². The van der Waals surface area contributed by atoms with Gasteiger partial charge in [-0.15, -0.1) is 23.7 Å². The van der Waals surface area contributed by atoms with Crippen molar-refractivity contribution < 1.29 is 9.59 Å². The van der Waals surface area contributed by atoms with E-state index < -0.39 is 0 Å². The van der Waals surface area contributed by atoms with Gasteiger partial charge in [-0.3, -0.25) is 9.59 Å². The van der Waals surface area contributed by atoms with Crippen molar-refractivity contribution in [3.05, 3.63) is 21.4 Å². The van der Waals surface area contributed by atoms with E-state index in [0.717, 1.165) is 34.8 Å². The molecule has 0 saturated carbocycles. The lowest BCUT2D eigenvalue weighted by atomic mass is 10.1. The molecule has 0 bridgehead atoms. The molecule has 120 valence electrons. The Morgan fingerprint density at radius 3 is 2.43 bits per heavy atom. The molecule has 1 heterocycles. The standard InChI is InChI=1S/C15H24N2O2S.ClH/c1-4-7-16-8-9-17-15(19)6-5-14(18)13-10-11(2)20-12(13)3;/h10,16H,4-9H2,1-3H3,(H,17,19);1H. The van der Waals surface area contributed by atoms with Crippen molar-refractivity contribution in [1.29, 1.82) is 0 Å². The zero-order valence-corrected chi connectivity index (χ0v) is 14.6. The van der Waals surface area contributed by atoms with Crippen LogP contribution >= 0.6 is 23.7 Å². The van der Waals surface area contributed by atoms with Gasteiger partial charge >= 0.3 is 0 Å². The zero-order chi connectivity index (χ0) is 15.0. The molecule has 0 spiro atoms. The van der Waals surface area contributed by atoms with Gasteiger partial charge in [0.1, 0.15) is 0 Å². The second-order valence-corrected chi connectivity index (χ2v) is 6.31. The molecule has 0 radical (unpaired) electrons. The average molecular weight is 333 g/mol. The second-order valence-electron chi connectivity index (χ2n) is 4.85. The number of rotatable bonds is 9. The lowest BCUT2D eigenvalue weighted by molar-refractivity contribution is -0.121. The maximum Gasteiger partial charge on any atom is 0.220 e. The van der Waals surface area contributed by atoms with Crippen molar-refractivity contribution in [3.63, 3.8) is 0 Å². The molecule has 21 heavy (non-hydrogen) atoms. The molecule has 1 rings (SSSR count). The summed E-state index contributed by atoms with van der Waals surface area (Å²) in [6, 6.07) is 1.91. The van der Waals surface area contributed by atoms with E-state index in [1.54, 1.807) is 11.3 Å². The summed E-state index contributed by atoms with van der Waals surface area (Å²) in [7, 11) is 0. The molecule has 0 aromatic carbocycles. The van der Waals surface area contributed by atoms with Crippen LogP contribution in [-0.4, -0.2) is 31.3 Å². The highest BCUT2D eigenvalue weighted by molar-refractivity contribution is 7.12. The number of nitrogens with one attached hydrogen (secondary N) is 2. The molecule has 0 fully saturated rings. The Bertz CT molecular complexity index is 461. The van der Waals surface area contributed by atoms with E-state index in [0.29, 0.717) is 6.54 Å². The molecule has 1 amide bonds. The summed E-state index contributed by atoms with van der Waals surface area (Å²) in [6.07, 6.45) is 1.63. The molecule has 1 aromatic rings. The minimum Gasteiger partial charge on any atom is -0.355 e. The Labute approximate surface area is 137 Å². The molecule has 0 aliphatic carbocycles. The normalized spacial score (nSPS) is 10.0. The predicted molar refractivity (Wildman–Crippen MR) is 90.8 cm³/mol. The van der Waals surface area contributed by atoms with Crippen LogP contribution in [0.4, 0.5) is 0 Å². The summed E-state index contributed by atoms with van der Waals surface area (Å²) in [5.74, 6) is 0.00682. The Balaban J connectivity index is 0.00000400. The molecule has 0 aliphatic rings. The first-order valence-electron chi connectivity index (χ1n) is 7.12. The van der Waals surface area contributed by atoms with E-state index in [4.69, 9.17) is 0 Å². The van der Waals surface area contributed by atoms with Gasteiger partial charge < -0.3 is 10.6 Å². The summed E-state index contributed by atoms with van der Waals surface area (Å²) >= 11 is 1.62. The first kappa shape index (κ1) is 20.1. The number of halogens is 1. The fraction of sp³-hybridized carbons (Fsp3) is 0.600. The van der Waals surface area contributed by atoms with Crippen LogP contribution in [0.1, 0.15) is 46.3 Å². The van der Waals surface area contributed by atoms with Gasteiger partial charge in [0.25, 0.3) is 0 Å². The van der Waals surface area contributed by atoms with Crippen LogP contribution < -0.4 is 10.6 Å². The largest absolute Gasteiger partial charge is 0.355 e. The quantitative estimate of drug-likeness (QED) is 0.540. The third kappa shape index (κ3) is 7.60. The molecule has 0 saturated heterocycles. The molecule has 2 N–H and O–H groups in total. The van der Waals surface area contributed by atoms with Crippen LogP contribution in [0.25, 0.3) is 0 Å². The molecular formula is C15H25ClN2O2S. The van der Waals surface area contributed by atoms with Gasteiger partial charge in [-0.2, -0.15) is 0 Å². The summed E-state index contributed by atoms with van der Waals surface area (Å²) in [4.78, 5) is 25.8. The monoisotopic (exact) mass is 332 g/mol. The SMILES string of the molecule is CCCNCCNC(=O)CCC(=O)c1cc(C)sc1C.Cl. The molecule has 1 aromatic heterocycles. The highest BCUT2D eigenvalue weighted by atomic mass is 35.5. The van der Waals surface area contributed by atoms with E-state index in [1.165, 1.54) is 0 Å². The minimum absolute atomic E-state index is 0. The first-order chi connectivity index (χ1) is 9.54. The molecule has 4 nitrogen and oxygen atoms in total. The van der Waals surface area contributed by atoms with Crippen LogP contribution in [0.2, 0.25) is 0 Å². The Kier molecular flexibility index (Phi) is 10.3. The van der Waals surface area contributed by atoms with Crippen molar-refractivity contribution in [3.8, 4) is 0 Å². The molecule has 0 aliphatic heterocycles. The van der Waals surface area contributed by atoms with E-state index >= 15 is 0 Å². The number of amides is 1. The average Bonchev–Trinajstić information content (AvgIpc) is 2.75. The van der Waals surface area contributed by atoms with Gasteiger partial charge in [0.15, 0.2) is 5.78 Å². The van der Waals surface area contributed by atoms with Crippen molar-refractivity contribution in [2.45, 2.75) is 40.0 Å². The summed E-state index contributed by atoms with van der Waals surface area (Å²) in [5, 5.41) is 6.03. The van der Waals surface area contributed by atoms with Crippen LogP contribution in [0.5, 0.6) is 0 Å². The Morgan fingerprint density at radius 1 is 1.14 bits per heavy atom. The zero-order valence-electron chi connectivity index (χ0n) is 13.0. The third-order valence-corrected chi connectivity index (χ3v) is 3.94. The number of hydrogen-bond donors (Lipinski definition) is 2. The van der Waals surface area contributed by atoms with E-state index in [2.05, 4.69) is 17.6 Å². The Morgan fingerprint density at radius 2 is 1.86 bits per heavy atom. The van der Waals surface area contributed by atoms with Gasteiger partial charge in [-0.25, -0.2) is 0 Å². The maximum absolute atomic E-state index is 12.0. The van der Waals surface area contributed by atoms with Crippen molar-refractivity contribution in [1.82, 2.24) is 10.6 Å². The fourth-order valence-electron chi connectivity index (χ4n) is 1.95. The molecule has 0 atom stereocenters. The fourth-order valence-corrected chi connectivity index (χ4v) is 2.89. The van der Waals surface area contributed by atoms with E-state index in [-0.39, 0.29) is 36.9 Å². The van der Waals surface area contributed by atoms with Crippen molar-refractivity contribution in [2.75, 3.05) is 19.6 Å². The smallest absolute Gasteiger partial charge is 0.220 e. The van der Waals surface area contributed by atoms with Gasteiger partial charge in [-0.05, 0) is 32.9 Å². The minimum atomic E-state index is -0.0544. The number of ketones is 1. The topological polar surface area (TPSA) is 58.2 Å². The van der Waals surface area contributed by atoms with Crippen LogP contribution in [0.15, 0.2) is 6.07 Å². The van der Waals surface area contributed by atoms with Crippen LogP contribution in [0.3, 0.4) is 0 Å². The number of carbonyl (C=O) groups is 2. The Hall–Kier alpha value is -0.910. The van der Waals surface area contributed by atoms with Gasteiger partial charge in [0.05, 0.1) is 0 Å². The second kappa shape index (κ2) is 10.8. The number of carbonyl (C=O) groups excluding carboxylic acids is 2. The number of aryl methyl sites for hydroxylation is 2. The van der Waals surface area contributed by atoms with Gasteiger partial charge in [0, 0.05) is 41.2 Å². The maximum atomic E-state index is 12.0. The van der Waals surface area contributed by atoms with Gasteiger partial charge in [-0.1, -0.05) is 6.92 Å². The molecule has 0 unspecified atom stereocenters. The summed E-state index contributed by atoms with van der Waals surface area (Å²) in [5.41, 5.74) is 0.768. The van der Waals surface area contributed by atoms with Crippen molar-refractivity contribution in [2.24, 2.45) is 0 Å². The number of thiophene rings is 1. The summed E-state index contributed by atoms with van der Waals surface area (Å²) in [6.45, 7) is 8.39. The number of hydrogen-bond acceptors (Lipinski definition) is 4. The van der Waals surface area contributed by atoms with Crippen LogP contribution in [0, 0.1) is 13.8 Å². The number of Topliss-reactive ketones (excluding diaryl/α,β-unsaturated/α-hetero) is 1. The third-order valence-electron chi connectivity index (χ3n) is 2.97. The van der Waals surface area contributed by atoms with E-state index in [9.17, 15) is 9.59 Å². The van der Waals surface area contributed by atoms with E-state index in [1.807, 2.05) is 19.9 Å². The molecule has 6 heteroatoms. The summed E-state index contributed by atoms with van der Waals surface area (Å²) < 4.78 is 0. The molecular weight excluding hydrogens is 308 g/mol. The highest BCUT2D eigenvalue weighted by Crippen LogP contribution is 2.22. The van der Waals surface area contributed by atoms with Gasteiger partial charge in [0.2, 0.25) is 5.91 Å². The van der Waals surface area contributed by atoms with Crippen LogP contribution in [-0.2, 0) is 4.79 Å². The first-order valence-corrected chi connectivity index (χ1v) is 7.94. The highest BCUT2D eigenvalue weighted by Gasteiger charge is 2.13. The lowest BCUT2D eigenvalue weighted by Gasteiger charge is -2.05. The predicted octanol–water partition coefficient (Wildman–Crippen LogP) is 2.87. The lowest BCUT2D eigenvalue weighted by Crippen LogP contribution is -2.32.